The molecule has 2 fully saturated rings. The van der Waals surface area contributed by atoms with Crippen LogP contribution in [0.25, 0.3) is 11.1 Å². The molecule has 1 aromatic carbocycles. The number of aliphatic hydroxyl groups excluding tert-OH is 1. The quantitative estimate of drug-likeness (QED) is 0.634. The first-order valence-corrected chi connectivity index (χ1v) is 11.7. The van der Waals surface area contributed by atoms with E-state index >= 15 is 0 Å². The summed E-state index contributed by atoms with van der Waals surface area (Å²) in [5, 5.41) is 13.3. The van der Waals surface area contributed by atoms with Gasteiger partial charge in [0.15, 0.2) is 0 Å². The molecule has 1 amide bonds. The SMILES string of the molecule is C[C@H](c1ccc(-c2cnc(N)c(C(=O)NC3CCC(O)CC3)c2)c(Cl)c1)N1CCOCC1. The van der Waals surface area contributed by atoms with Crippen molar-refractivity contribution in [1.29, 1.82) is 0 Å². The molecule has 0 unspecified atom stereocenters. The molecule has 2 aliphatic rings. The Kier molecular flexibility index (Phi) is 7.30. The Morgan fingerprint density at radius 1 is 1.25 bits per heavy atom. The van der Waals surface area contributed by atoms with E-state index < -0.39 is 0 Å². The normalized spacial score (nSPS) is 23.0. The summed E-state index contributed by atoms with van der Waals surface area (Å²) in [5.41, 5.74) is 9.06. The predicted octanol–water partition coefficient (Wildman–Crippen LogP) is 3.41. The highest BCUT2D eigenvalue weighted by molar-refractivity contribution is 6.33. The number of nitrogens with zero attached hydrogens (tertiary/aromatic N) is 2. The fourth-order valence-corrected chi connectivity index (χ4v) is 4.79. The monoisotopic (exact) mass is 458 g/mol. The van der Waals surface area contributed by atoms with Crippen molar-refractivity contribution in [2.45, 2.75) is 50.8 Å². The van der Waals surface area contributed by atoms with Gasteiger partial charge in [0.05, 0.1) is 24.9 Å². The number of morpholine rings is 1. The van der Waals surface area contributed by atoms with E-state index in [1.54, 1.807) is 12.3 Å². The van der Waals surface area contributed by atoms with E-state index in [2.05, 4.69) is 28.2 Å². The largest absolute Gasteiger partial charge is 0.393 e. The van der Waals surface area contributed by atoms with Crippen LogP contribution in [0.15, 0.2) is 30.5 Å². The van der Waals surface area contributed by atoms with Crippen LogP contribution in [0.5, 0.6) is 0 Å². The zero-order chi connectivity index (χ0) is 22.7. The number of benzene rings is 1. The molecule has 32 heavy (non-hydrogen) atoms. The molecule has 2 heterocycles. The number of nitrogens with one attached hydrogen (secondary N) is 1. The maximum Gasteiger partial charge on any atom is 0.255 e. The van der Waals surface area contributed by atoms with Crippen molar-refractivity contribution >= 4 is 23.3 Å². The van der Waals surface area contributed by atoms with E-state index in [-0.39, 0.29) is 29.9 Å². The molecule has 172 valence electrons. The number of nitrogen functional groups attached to an aromatic ring is 1. The molecule has 2 aromatic rings. The molecule has 8 heteroatoms. The van der Waals surface area contributed by atoms with Crippen molar-refractivity contribution in [1.82, 2.24) is 15.2 Å². The minimum atomic E-state index is -0.269. The Bertz CT molecular complexity index is 956. The highest BCUT2D eigenvalue weighted by Gasteiger charge is 2.23. The second-order valence-corrected chi connectivity index (χ2v) is 9.11. The van der Waals surface area contributed by atoms with E-state index in [0.717, 1.165) is 55.8 Å². The van der Waals surface area contributed by atoms with Gasteiger partial charge in [0.2, 0.25) is 0 Å². The molecule has 1 saturated heterocycles. The average Bonchev–Trinajstić information content (AvgIpc) is 2.81. The lowest BCUT2D eigenvalue weighted by Crippen LogP contribution is -2.38. The fraction of sp³-hybridized carbons (Fsp3) is 0.500. The third-order valence-corrected chi connectivity index (χ3v) is 6.89. The molecular formula is C24H31ClN4O3. The minimum Gasteiger partial charge on any atom is -0.393 e. The second kappa shape index (κ2) is 10.2. The van der Waals surface area contributed by atoms with Crippen molar-refractivity contribution < 1.29 is 14.6 Å². The van der Waals surface area contributed by atoms with Gasteiger partial charge >= 0.3 is 0 Å². The number of aliphatic hydroxyl groups is 1. The molecule has 1 aliphatic heterocycles. The van der Waals surface area contributed by atoms with Crippen LogP contribution in [0.3, 0.4) is 0 Å². The summed E-state index contributed by atoms with van der Waals surface area (Å²) < 4.78 is 5.45. The number of amides is 1. The zero-order valence-corrected chi connectivity index (χ0v) is 19.1. The number of carbonyl (C=O) groups is 1. The lowest BCUT2D eigenvalue weighted by atomic mass is 9.93. The van der Waals surface area contributed by atoms with Crippen molar-refractivity contribution in [2.24, 2.45) is 0 Å². The predicted molar refractivity (Wildman–Crippen MR) is 126 cm³/mol. The number of carbonyl (C=O) groups excluding carboxylic acids is 1. The number of anilines is 1. The molecule has 4 N–H and O–H groups in total. The third kappa shape index (κ3) is 5.23. The molecule has 1 aliphatic carbocycles. The first-order valence-electron chi connectivity index (χ1n) is 11.3. The Hall–Kier alpha value is -2.19. The van der Waals surface area contributed by atoms with Gasteiger partial charge < -0.3 is 20.9 Å². The van der Waals surface area contributed by atoms with Gasteiger partial charge in [-0.15, -0.1) is 0 Å². The number of rotatable bonds is 5. The van der Waals surface area contributed by atoms with Crippen LogP contribution in [-0.4, -0.2) is 59.3 Å². The summed E-state index contributed by atoms with van der Waals surface area (Å²) in [7, 11) is 0. The highest BCUT2D eigenvalue weighted by Crippen LogP contribution is 2.33. The maximum absolute atomic E-state index is 12.9. The first kappa shape index (κ1) is 23.0. The van der Waals surface area contributed by atoms with Crippen molar-refractivity contribution in [3.8, 4) is 11.1 Å². The Morgan fingerprint density at radius 3 is 2.66 bits per heavy atom. The van der Waals surface area contributed by atoms with Crippen molar-refractivity contribution in [2.75, 3.05) is 32.0 Å². The van der Waals surface area contributed by atoms with Crippen LogP contribution in [0, 0.1) is 0 Å². The summed E-state index contributed by atoms with van der Waals surface area (Å²) in [6.45, 7) is 5.48. The van der Waals surface area contributed by atoms with E-state index in [4.69, 9.17) is 22.1 Å². The summed E-state index contributed by atoms with van der Waals surface area (Å²) in [6.07, 6.45) is 4.29. The second-order valence-electron chi connectivity index (χ2n) is 8.70. The van der Waals surface area contributed by atoms with E-state index in [0.29, 0.717) is 23.4 Å². The van der Waals surface area contributed by atoms with Crippen LogP contribution in [-0.2, 0) is 4.74 Å². The number of pyridine rings is 1. The number of ether oxygens (including phenoxy) is 1. The van der Waals surface area contributed by atoms with Crippen LogP contribution < -0.4 is 11.1 Å². The summed E-state index contributed by atoms with van der Waals surface area (Å²) in [5.74, 6) is -0.0531. The lowest BCUT2D eigenvalue weighted by molar-refractivity contribution is 0.0198. The number of aromatic nitrogens is 1. The van der Waals surface area contributed by atoms with Crippen molar-refractivity contribution in [3.05, 3.63) is 46.6 Å². The van der Waals surface area contributed by atoms with Gasteiger partial charge in [-0.2, -0.15) is 0 Å². The summed E-state index contributed by atoms with van der Waals surface area (Å²) >= 11 is 6.66. The molecule has 0 radical (unpaired) electrons. The van der Waals surface area contributed by atoms with Gasteiger partial charge in [0, 0.05) is 47.5 Å². The van der Waals surface area contributed by atoms with Crippen LogP contribution in [0.1, 0.15) is 54.6 Å². The highest BCUT2D eigenvalue weighted by atomic mass is 35.5. The molecule has 0 bridgehead atoms. The van der Waals surface area contributed by atoms with E-state index in [1.165, 1.54) is 0 Å². The van der Waals surface area contributed by atoms with Gasteiger partial charge in [-0.05, 0) is 50.3 Å². The number of hydrogen-bond acceptors (Lipinski definition) is 6. The van der Waals surface area contributed by atoms with Gasteiger partial charge in [-0.3, -0.25) is 9.69 Å². The molecule has 4 rings (SSSR count). The van der Waals surface area contributed by atoms with E-state index in [9.17, 15) is 9.90 Å². The topological polar surface area (TPSA) is 101 Å². The smallest absolute Gasteiger partial charge is 0.255 e. The summed E-state index contributed by atoms with van der Waals surface area (Å²) in [6, 6.07) is 8.07. The van der Waals surface area contributed by atoms with Crippen LogP contribution in [0.4, 0.5) is 5.82 Å². The van der Waals surface area contributed by atoms with Crippen LogP contribution in [0.2, 0.25) is 5.02 Å². The molecule has 0 spiro atoms. The Balaban J connectivity index is 1.51. The third-order valence-electron chi connectivity index (χ3n) is 6.58. The average molecular weight is 459 g/mol. The maximum atomic E-state index is 12.9. The van der Waals surface area contributed by atoms with Gasteiger partial charge in [0.1, 0.15) is 5.82 Å². The summed E-state index contributed by atoms with van der Waals surface area (Å²) in [4.78, 5) is 19.5. The molecule has 7 nitrogen and oxygen atoms in total. The molecule has 1 aromatic heterocycles. The number of hydrogen-bond donors (Lipinski definition) is 3. The Morgan fingerprint density at radius 2 is 1.97 bits per heavy atom. The molecule has 1 atom stereocenters. The van der Waals surface area contributed by atoms with Gasteiger partial charge in [-0.1, -0.05) is 23.7 Å². The first-order chi connectivity index (χ1) is 15.4. The number of halogens is 1. The Labute approximate surface area is 193 Å². The molecular weight excluding hydrogens is 428 g/mol. The number of nitrogens with two attached hydrogens (primary N) is 1. The minimum absolute atomic E-state index is 0.0403. The molecule has 1 saturated carbocycles. The zero-order valence-electron chi connectivity index (χ0n) is 18.4. The standard InChI is InChI=1S/C24H31ClN4O3/c1-15(29-8-10-32-11-9-29)16-2-7-20(22(25)13-16)17-12-21(23(26)27-14-17)24(31)28-18-3-5-19(30)6-4-18/h2,7,12-15,18-19,30H,3-6,8-11H2,1H3,(H2,26,27)(H,28,31)/t15-,18?,19?/m1/s1. The lowest BCUT2D eigenvalue weighted by Gasteiger charge is -2.32. The fourth-order valence-electron chi connectivity index (χ4n) is 4.49. The van der Waals surface area contributed by atoms with Crippen LogP contribution >= 0.6 is 11.6 Å². The van der Waals surface area contributed by atoms with Gasteiger partial charge in [-0.25, -0.2) is 4.98 Å². The van der Waals surface area contributed by atoms with E-state index in [1.807, 2.05) is 12.1 Å². The van der Waals surface area contributed by atoms with Gasteiger partial charge in [0.25, 0.3) is 5.91 Å². The van der Waals surface area contributed by atoms with Crippen molar-refractivity contribution in [3.63, 3.8) is 0 Å².